The Morgan fingerprint density at radius 1 is 1.35 bits per heavy atom. The zero-order valence-electron chi connectivity index (χ0n) is 10.2. The highest BCUT2D eigenvalue weighted by Crippen LogP contribution is 2.36. The van der Waals surface area contributed by atoms with E-state index in [4.69, 9.17) is 5.26 Å². The van der Waals surface area contributed by atoms with Crippen molar-refractivity contribution >= 4 is 22.1 Å². The van der Waals surface area contributed by atoms with Crippen molar-refractivity contribution < 1.29 is 17.4 Å². The number of nitrogens with zero attached hydrogens (tertiary/aromatic N) is 1. The zero-order valence-corrected chi connectivity index (χ0v) is 11.8. The van der Waals surface area contributed by atoms with Crippen molar-refractivity contribution in [2.75, 3.05) is 6.26 Å². The topological polar surface area (TPSA) is 40.9 Å². The molecular weight excluding hydrogens is 307 g/mol. The van der Waals surface area contributed by atoms with Crippen molar-refractivity contribution in [3.05, 3.63) is 40.8 Å². The maximum atomic E-state index is 12.7. The average Bonchev–Trinajstić information content (AvgIpc) is 2.81. The van der Waals surface area contributed by atoms with Crippen LogP contribution in [0.3, 0.4) is 0 Å². The fraction of sp³-hybridized carbons (Fsp3) is 0.154. The van der Waals surface area contributed by atoms with Gasteiger partial charge in [-0.05, 0) is 17.7 Å². The zero-order chi connectivity index (χ0) is 14.9. The molecule has 1 aromatic carbocycles. The molecule has 0 aliphatic rings. The van der Waals surface area contributed by atoms with Crippen molar-refractivity contribution in [2.24, 2.45) is 0 Å². The summed E-state index contributed by atoms with van der Waals surface area (Å²) in [6, 6.07) is 6.67. The molecule has 0 fully saturated rings. The maximum Gasteiger partial charge on any atom is 0.416 e. The van der Waals surface area contributed by atoms with Gasteiger partial charge in [-0.3, -0.25) is 4.21 Å². The van der Waals surface area contributed by atoms with Crippen molar-refractivity contribution in [1.29, 1.82) is 5.26 Å². The second kappa shape index (κ2) is 5.38. The van der Waals surface area contributed by atoms with Gasteiger partial charge in [-0.1, -0.05) is 12.1 Å². The van der Waals surface area contributed by atoms with E-state index >= 15 is 0 Å². The Morgan fingerprint density at radius 2 is 2.05 bits per heavy atom. The molecule has 0 saturated carbocycles. The van der Waals surface area contributed by atoms with Crippen molar-refractivity contribution in [3.8, 4) is 17.2 Å². The van der Waals surface area contributed by atoms with Crippen LogP contribution in [-0.2, 0) is 17.0 Å². The van der Waals surface area contributed by atoms with Gasteiger partial charge in [0.15, 0.2) is 0 Å². The highest BCUT2D eigenvalue weighted by molar-refractivity contribution is 7.86. The van der Waals surface area contributed by atoms with Gasteiger partial charge < -0.3 is 0 Å². The summed E-state index contributed by atoms with van der Waals surface area (Å²) in [5.74, 6) is 0. The monoisotopic (exact) mass is 315 g/mol. The number of halogens is 3. The lowest BCUT2D eigenvalue weighted by Crippen LogP contribution is -2.04. The third kappa shape index (κ3) is 2.76. The summed E-state index contributed by atoms with van der Waals surface area (Å²) in [6.07, 6.45) is -3.00. The van der Waals surface area contributed by atoms with Crippen molar-refractivity contribution in [2.45, 2.75) is 10.4 Å². The fourth-order valence-electron chi connectivity index (χ4n) is 1.73. The summed E-state index contributed by atoms with van der Waals surface area (Å²) >= 11 is 1.11. The van der Waals surface area contributed by atoms with Crippen LogP contribution in [0.2, 0.25) is 0 Å². The third-order valence-corrected chi connectivity index (χ3v) is 5.12. The van der Waals surface area contributed by atoms with Gasteiger partial charge in [-0.25, -0.2) is 0 Å². The van der Waals surface area contributed by atoms with E-state index in [1.54, 1.807) is 5.38 Å². The van der Waals surface area contributed by atoms with E-state index in [2.05, 4.69) is 0 Å². The van der Waals surface area contributed by atoms with Crippen LogP contribution in [-0.4, -0.2) is 10.5 Å². The predicted octanol–water partition coefficient (Wildman–Crippen LogP) is 4.04. The second-order valence-electron chi connectivity index (χ2n) is 3.96. The molecular formula is C13H8F3NOS2. The molecule has 0 unspecified atom stereocenters. The maximum absolute atomic E-state index is 12.7. The standard InChI is InChI=1S/C13H8F3NOS2/c1-20(18)12-10(6-17)11(7-19-12)8-3-2-4-9(5-8)13(14,15)16/h2-5,7H,1H3/t20-/m1/s1. The molecule has 0 spiro atoms. The van der Waals surface area contributed by atoms with Gasteiger partial charge >= 0.3 is 6.18 Å². The van der Waals surface area contributed by atoms with Crippen LogP contribution >= 0.6 is 11.3 Å². The summed E-state index contributed by atoms with van der Waals surface area (Å²) < 4.78 is 49.9. The minimum atomic E-state index is -4.44. The Labute approximate surface area is 119 Å². The molecule has 1 aromatic heterocycles. The van der Waals surface area contributed by atoms with Crippen LogP contribution in [0.15, 0.2) is 33.9 Å². The number of benzene rings is 1. The highest BCUT2D eigenvalue weighted by atomic mass is 32.2. The van der Waals surface area contributed by atoms with Crippen LogP contribution in [0, 0.1) is 11.3 Å². The quantitative estimate of drug-likeness (QED) is 0.839. The van der Waals surface area contributed by atoms with Gasteiger partial charge in [0.05, 0.1) is 21.9 Å². The Balaban J connectivity index is 2.59. The first-order chi connectivity index (χ1) is 9.34. The third-order valence-electron chi connectivity index (χ3n) is 2.63. The first-order valence-electron chi connectivity index (χ1n) is 5.37. The van der Waals surface area contributed by atoms with E-state index < -0.39 is 22.5 Å². The van der Waals surface area contributed by atoms with E-state index in [1.165, 1.54) is 18.4 Å². The van der Waals surface area contributed by atoms with Crippen molar-refractivity contribution in [1.82, 2.24) is 0 Å². The molecule has 7 heteroatoms. The lowest BCUT2D eigenvalue weighted by atomic mass is 10.0. The molecule has 2 nitrogen and oxygen atoms in total. The van der Waals surface area contributed by atoms with Crippen molar-refractivity contribution in [3.63, 3.8) is 0 Å². The van der Waals surface area contributed by atoms with Gasteiger partial charge in [-0.2, -0.15) is 18.4 Å². The highest BCUT2D eigenvalue weighted by Gasteiger charge is 2.30. The van der Waals surface area contributed by atoms with E-state index in [1.807, 2.05) is 6.07 Å². The summed E-state index contributed by atoms with van der Waals surface area (Å²) in [5.41, 5.74) is 0.0811. The number of thiophene rings is 1. The fourth-order valence-corrected chi connectivity index (χ4v) is 3.61. The summed E-state index contributed by atoms with van der Waals surface area (Å²) in [7, 11) is -1.34. The largest absolute Gasteiger partial charge is 0.416 e. The van der Waals surface area contributed by atoms with Crippen LogP contribution < -0.4 is 0 Å². The Morgan fingerprint density at radius 3 is 2.60 bits per heavy atom. The smallest absolute Gasteiger partial charge is 0.254 e. The number of hydrogen-bond acceptors (Lipinski definition) is 3. The Kier molecular flexibility index (Phi) is 3.97. The van der Waals surface area contributed by atoms with Crippen LogP contribution in [0.5, 0.6) is 0 Å². The van der Waals surface area contributed by atoms with Crippen LogP contribution in [0.25, 0.3) is 11.1 Å². The summed E-state index contributed by atoms with van der Waals surface area (Å²) in [6.45, 7) is 0. The molecule has 20 heavy (non-hydrogen) atoms. The minimum absolute atomic E-state index is 0.176. The lowest BCUT2D eigenvalue weighted by molar-refractivity contribution is -0.137. The Bertz CT molecular complexity index is 713. The predicted molar refractivity (Wildman–Crippen MR) is 71.8 cm³/mol. The Hall–Kier alpha value is -1.65. The molecule has 2 aromatic rings. The average molecular weight is 315 g/mol. The van der Waals surface area contributed by atoms with E-state index in [0.29, 0.717) is 15.3 Å². The van der Waals surface area contributed by atoms with Crippen LogP contribution in [0.1, 0.15) is 11.1 Å². The molecule has 0 radical (unpaired) electrons. The molecule has 0 aliphatic heterocycles. The SMILES string of the molecule is C[S@@](=O)c1scc(-c2cccc(C(F)(F)F)c2)c1C#N. The molecule has 0 bridgehead atoms. The molecule has 0 N–H and O–H groups in total. The first-order valence-corrected chi connectivity index (χ1v) is 7.81. The van der Waals surface area contributed by atoms with E-state index in [0.717, 1.165) is 23.5 Å². The van der Waals surface area contributed by atoms with E-state index in [9.17, 15) is 17.4 Å². The van der Waals surface area contributed by atoms with E-state index in [-0.39, 0.29) is 5.56 Å². The second-order valence-corrected chi connectivity index (χ2v) is 6.41. The molecule has 1 atom stereocenters. The molecule has 2 rings (SSSR count). The van der Waals surface area contributed by atoms with Gasteiger partial charge in [0, 0.05) is 17.2 Å². The van der Waals surface area contributed by atoms with Gasteiger partial charge in [0.1, 0.15) is 10.3 Å². The molecule has 1 heterocycles. The van der Waals surface area contributed by atoms with Gasteiger partial charge in [0.2, 0.25) is 0 Å². The molecule has 0 amide bonds. The van der Waals surface area contributed by atoms with Gasteiger partial charge in [-0.15, -0.1) is 11.3 Å². The summed E-state index contributed by atoms with van der Waals surface area (Å²) in [5, 5.41) is 10.7. The number of rotatable bonds is 2. The number of hydrogen-bond donors (Lipinski definition) is 0. The lowest BCUT2D eigenvalue weighted by Gasteiger charge is -2.08. The number of nitriles is 1. The first kappa shape index (κ1) is 14.8. The normalized spacial score (nSPS) is 12.9. The molecule has 0 aliphatic carbocycles. The molecule has 0 saturated heterocycles. The number of alkyl halides is 3. The molecule has 104 valence electrons. The minimum Gasteiger partial charge on any atom is -0.254 e. The summed E-state index contributed by atoms with van der Waals surface area (Å²) in [4.78, 5) is 0. The van der Waals surface area contributed by atoms with Gasteiger partial charge in [0.25, 0.3) is 0 Å². The van der Waals surface area contributed by atoms with Crippen LogP contribution in [0.4, 0.5) is 13.2 Å².